The van der Waals surface area contributed by atoms with E-state index in [-0.39, 0.29) is 6.73 Å². The van der Waals surface area contributed by atoms with Gasteiger partial charge in [0.2, 0.25) is 0 Å². The van der Waals surface area contributed by atoms with Crippen molar-refractivity contribution < 1.29 is 5.11 Å². The lowest BCUT2D eigenvalue weighted by molar-refractivity contribution is 0.192. The molecule has 1 rings (SSSR count). The Hall–Kier alpha value is -0.830. The van der Waals surface area contributed by atoms with E-state index < -0.39 is 0 Å². The fourth-order valence-electron chi connectivity index (χ4n) is 0.682. The Morgan fingerprint density at radius 3 is 2.56 bits per heavy atom. The van der Waals surface area contributed by atoms with Crippen molar-refractivity contribution in [1.29, 1.82) is 0 Å². The van der Waals surface area contributed by atoms with Crippen LogP contribution < -0.4 is 0 Å². The van der Waals surface area contributed by atoms with Crippen LogP contribution in [0.1, 0.15) is 11.3 Å². The fourth-order valence-corrected chi connectivity index (χ4v) is 0.682. The van der Waals surface area contributed by atoms with Gasteiger partial charge in [0.15, 0.2) is 0 Å². The van der Waals surface area contributed by atoms with Gasteiger partial charge in [-0.05, 0) is 19.4 Å². The number of aliphatic hydroxyl groups excluding tert-OH is 1. The molecule has 3 heteroatoms. The highest BCUT2D eigenvalue weighted by Crippen LogP contribution is 2.02. The van der Waals surface area contributed by atoms with Crippen LogP contribution in [0.2, 0.25) is 0 Å². The predicted octanol–water partition coefficient (Wildman–Crippen LogP) is 0.450. The van der Waals surface area contributed by atoms with Crippen LogP contribution in [0.25, 0.3) is 0 Å². The van der Waals surface area contributed by atoms with Gasteiger partial charge in [-0.15, -0.1) is 0 Å². The second-order valence-corrected chi connectivity index (χ2v) is 2.05. The second kappa shape index (κ2) is 2.19. The van der Waals surface area contributed by atoms with Gasteiger partial charge in [-0.1, -0.05) is 0 Å². The van der Waals surface area contributed by atoms with E-state index in [1.165, 1.54) is 0 Å². The number of aryl methyl sites for hydroxylation is 1. The van der Waals surface area contributed by atoms with Crippen molar-refractivity contribution in [3.63, 3.8) is 0 Å². The van der Waals surface area contributed by atoms with Gasteiger partial charge in [0.05, 0.1) is 6.20 Å². The third-order valence-corrected chi connectivity index (χ3v) is 1.48. The summed E-state index contributed by atoms with van der Waals surface area (Å²) in [5.74, 6) is 0. The van der Waals surface area contributed by atoms with E-state index in [2.05, 4.69) is 5.10 Å². The summed E-state index contributed by atoms with van der Waals surface area (Å²) >= 11 is 0. The Bertz CT molecular complexity index is 205. The van der Waals surface area contributed by atoms with Crippen molar-refractivity contribution >= 4 is 0 Å². The highest BCUT2D eigenvalue weighted by atomic mass is 16.3. The van der Waals surface area contributed by atoms with Crippen LogP contribution in [-0.4, -0.2) is 14.9 Å². The van der Waals surface area contributed by atoms with E-state index in [0.717, 1.165) is 11.3 Å². The van der Waals surface area contributed by atoms with E-state index in [1.807, 2.05) is 13.8 Å². The monoisotopic (exact) mass is 126 g/mol. The maximum Gasteiger partial charge on any atom is 0.136 e. The summed E-state index contributed by atoms with van der Waals surface area (Å²) in [4.78, 5) is 0. The number of nitrogens with zero attached hydrogens (tertiary/aromatic N) is 2. The zero-order valence-electron chi connectivity index (χ0n) is 5.63. The molecule has 0 aromatic carbocycles. The lowest BCUT2D eigenvalue weighted by atomic mass is 10.3. The SMILES string of the molecule is Cc1cnn(CO)c1C. The molecule has 0 spiro atoms. The standard InChI is InChI=1S/C6H10N2O/c1-5-3-7-8(4-9)6(5)2/h3,9H,4H2,1-2H3. The topological polar surface area (TPSA) is 38.0 Å². The van der Waals surface area contributed by atoms with Crippen molar-refractivity contribution in [3.05, 3.63) is 17.5 Å². The van der Waals surface area contributed by atoms with Crippen molar-refractivity contribution in [2.24, 2.45) is 0 Å². The second-order valence-electron chi connectivity index (χ2n) is 2.05. The summed E-state index contributed by atoms with van der Waals surface area (Å²) in [6.45, 7) is 3.87. The quantitative estimate of drug-likeness (QED) is 0.593. The average molecular weight is 126 g/mol. The first-order chi connectivity index (χ1) is 4.25. The summed E-state index contributed by atoms with van der Waals surface area (Å²) in [7, 11) is 0. The molecule has 3 nitrogen and oxygen atoms in total. The number of hydrogen-bond donors (Lipinski definition) is 1. The molecular formula is C6H10N2O. The molecule has 1 aromatic rings. The van der Waals surface area contributed by atoms with Gasteiger partial charge >= 0.3 is 0 Å². The van der Waals surface area contributed by atoms with Gasteiger partial charge in [-0.3, -0.25) is 0 Å². The Labute approximate surface area is 53.9 Å². The molecule has 0 saturated carbocycles. The van der Waals surface area contributed by atoms with Crippen LogP contribution in [0.4, 0.5) is 0 Å². The molecule has 0 amide bonds. The lowest BCUT2D eigenvalue weighted by Gasteiger charge is -1.96. The number of aliphatic hydroxyl groups is 1. The van der Waals surface area contributed by atoms with E-state index in [0.29, 0.717) is 0 Å². The minimum absolute atomic E-state index is 0.0281. The van der Waals surface area contributed by atoms with Crippen LogP contribution in [-0.2, 0) is 6.73 Å². The Balaban J connectivity index is 3.04. The summed E-state index contributed by atoms with van der Waals surface area (Å²) in [6.07, 6.45) is 1.74. The highest BCUT2D eigenvalue weighted by molar-refractivity contribution is 5.12. The van der Waals surface area contributed by atoms with Gasteiger partial charge in [-0.25, -0.2) is 4.68 Å². The van der Waals surface area contributed by atoms with Gasteiger partial charge in [-0.2, -0.15) is 5.10 Å². The number of hydrogen-bond acceptors (Lipinski definition) is 2. The first kappa shape index (κ1) is 6.29. The maximum absolute atomic E-state index is 8.63. The van der Waals surface area contributed by atoms with E-state index in [4.69, 9.17) is 5.11 Å². The summed E-state index contributed by atoms with van der Waals surface area (Å²) in [5.41, 5.74) is 2.14. The van der Waals surface area contributed by atoms with Crippen molar-refractivity contribution in [2.75, 3.05) is 0 Å². The molecule has 9 heavy (non-hydrogen) atoms. The van der Waals surface area contributed by atoms with E-state index in [1.54, 1.807) is 10.9 Å². The molecule has 0 atom stereocenters. The van der Waals surface area contributed by atoms with Crippen molar-refractivity contribution in [3.8, 4) is 0 Å². The Morgan fingerprint density at radius 1 is 1.67 bits per heavy atom. The van der Waals surface area contributed by atoms with Gasteiger partial charge in [0, 0.05) is 5.69 Å². The maximum atomic E-state index is 8.63. The molecule has 50 valence electrons. The van der Waals surface area contributed by atoms with Crippen LogP contribution >= 0.6 is 0 Å². The molecule has 1 N–H and O–H groups in total. The predicted molar refractivity (Wildman–Crippen MR) is 33.9 cm³/mol. The molecule has 1 heterocycles. The minimum atomic E-state index is -0.0281. The Kier molecular flexibility index (Phi) is 1.53. The summed E-state index contributed by atoms with van der Waals surface area (Å²) in [5, 5.41) is 12.5. The molecule has 0 unspecified atom stereocenters. The molecule has 0 fully saturated rings. The van der Waals surface area contributed by atoms with E-state index >= 15 is 0 Å². The first-order valence-corrected chi connectivity index (χ1v) is 2.85. The average Bonchev–Trinajstić information content (AvgIpc) is 2.15. The largest absolute Gasteiger partial charge is 0.374 e. The van der Waals surface area contributed by atoms with Crippen molar-refractivity contribution in [1.82, 2.24) is 9.78 Å². The summed E-state index contributed by atoms with van der Waals surface area (Å²) in [6, 6.07) is 0. The number of rotatable bonds is 1. The lowest BCUT2D eigenvalue weighted by Crippen LogP contribution is -2.00. The fraction of sp³-hybridized carbons (Fsp3) is 0.500. The van der Waals surface area contributed by atoms with Crippen LogP contribution in [0.15, 0.2) is 6.20 Å². The highest BCUT2D eigenvalue weighted by Gasteiger charge is 1.97. The van der Waals surface area contributed by atoms with Gasteiger partial charge in [0.25, 0.3) is 0 Å². The Morgan fingerprint density at radius 2 is 2.33 bits per heavy atom. The molecular weight excluding hydrogens is 116 g/mol. The third kappa shape index (κ3) is 0.954. The smallest absolute Gasteiger partial charge is 0.136 e. The van der Waals surface area contributed by atoms with Crippen LogP contribution in [0.5, 0.6) is 0 Å². The van der Waals surface area contributed by atoms with Crippen molar-refractivity contribution in [2.45, 2.75) is 20.6 Å². The molecule has 1 aromatic heterocycles. The van der Waals surface area contributed by atoms with Gasteiger partial charge in [0.1, 0.15) is 6.73 Å². The van der Waals surface area contributed by atoms with Crippen LogP contribution in [0, 0.1) is 13.8 Å². The molecule has 0 aliphatic rings. The van der Waals surface area contributed by atoms with Crippen LogP contribution in [0.3, 0.4) is 0 Å². The first-order valence-electron chi connectivity index (χ1n) is 2.85. The normalized spacial score (nSPS) is 10.1. The summed E-state index contributed by atoms with van der Waals surface area (Å²) < 4.78 is 1.55. The molecule has 0 radical (unpaired) electrons. The van der Waals surface area contributed by atoms with E-state index in [9.17, 15) is 0 Å². The zero-order chi connectivity index (χ0) is 6.85. The third-order valence-electron chi connectivity index (χ3n) is 1.48. The van der Waals surface area contributed by atoms with Gasteiger partial charge < -0.3 is 5.11 Å². The number of aromatic nitrogens is 2. The molecule has 0 saturated heterocycles. The minimum Gasteiger partial charge on any atom is -0.374 e. The molecule has 0 bridgehead atoms. The molecule has 0 aliphatic carbocycles. The molecule has 0 aliphatic heterocycles. The zero-order valence-corrected chi connectivity index (χ0v) is 5.63.